The van der Waals surface area contributed by atoms with Crippen molar-refractivity contribution in [3.63, 3.8) is 0 Å². The zero-order valence-electron chi connectivity index (χ0n) is 3.66. The van der Waals surface area contributed by atoms with Crippen LogP contribution in [0.15, 0.2) is 4.99 Å². The van der Waals surface area contributed by atoms with Crippen LogP contribution in [-0.2, 0) is 0 Å². The summed E-state index contributed by atoms with van der Waals surface area (Å²) in [7, 11) is 0. The SMILES string of the molecule is OO.[C]1=NCCS1. The Kier molecular flexibility index (Phi) is 5.89. The van der Waals surface area contributed by atoms with E-state index in [4.69, 9.17) is 10.5 Å². The summed E-state index contributed by atoms with van der Waals surface area (Å²) in [6.07, 6.45) is 0. The lowest BCUT2D eigenvalue weighted by atomic mass is 10.8. The molecule has 1 aliphatic rings. The van der Waals surface area contributed by atoms with E-state index in [1.807, 2.05) is 0 Å². The zero-order chi connectivity index (χ0) is 5.54. The molecule has 0 aromatic carbocycles. The Balaban J connectivity index is 0.000000162. The average Bonchev–Trinajstić information content (AvgIpc) is 2.23. The number of nitrogens with zero attached hydrogens (tertiary/aromatic N) is 1. The van der Waals surface area contributed by atoms with Crippen molar-refractivity contribution in [2.24, 2.45) is 4.99 Å². The van der Waals surface area contributed by atoms with E-state index < -0.39 is 0 Å². The third-order valence-electron chi connectivity index (χ3n) is 0.434. The minimum Gasteiger partial charge on any atom is -0.275 e. The van der Waals surface area contributed by atoms with Gasteiger partial charge in [0.05, 0.1) is 0 Å². The smallest absolute Gasteiger partial charge is 0.122 e. The van der Waals surface area contributed by atoms with E-state index in [2.05, 4.69) is 10.5 Å². The van der Waals surface area contributed by atoms with Crippen LogP contribution in [0.4, 0.5) is 0 Å². The third kappa shape index (κ3) is 3.78. The van der Waals surface area contributed by atoms with Gasteiger partial charge in [0, 0.05) is 12.3 Å². The lowest BCUT2D eigenvalue weighted by Gasteiger charge is -1.66. The molecule has 0 saturated carbocycles. The van der Waals surface area contributed by atoms with Gasteiger partial charge in [-0.1, -0.05) is 0 Å². The van der Waals surface area contributed by atoms with Crippen molar-refractivity contribution in [3.05, 3.63) is 0 Å². The standard InChI is InChI=1S/C3H4NS.H2O2/c1-2-5-3-4-1;1-2/h1-2H2;1-2H. The lowest BCUT2D eigenvalue weighted by molar-refractivity contribution is -0.176. The first-order valence-electron chi connectivity index (χ1n) is 1.73. The second-order valence-electron chi connectivity index (χ2n) is 0.821. The van der Waals surface area contributed by atoms with Gasteiger partial charge in [0.25, 0.3) is 0 Å². The lowest BCUT2D eigenvalue weighted by Crippen LogP contribution is -1.69. The van der Waals surface area contributed by atoms with E-state index in [-0.39, 0.29) is 0 Å². The molecule has 0 spiro atoms. The zero-order valence-corrected chi connectivity index (χ0v) is 4.48. The molecule has 1 aliphatic heterocycles. The molecular formula is C3H6NO2S. The Labute approximate surface area is 46.0 Å². The Bertz CT molecular complexity index is 50.9. The predicted molar refractivity (Wildman–Crippen MR) is 30.0 cm³/mol. The molecule has 3 nitrogen and oxygen atoms in total. The van der Waals surface area contributed by atoms with E-state index in [0.717, 1.165) is 12.3 Å². The maximum absolute atomic E-state index is 6.00. The Morgan fingerprint density at radius 3 is 2.43 bits per heavy atom. The second-order valence-corrected chi connectivity index (χ2v) is 1.70. The van der Waals surface area contributed by atoms with E-state index >= 15 is 0 Å². The van der Waals surface area contributed by atoms with Gasteiger partial charge in [-0.15, -0.1) is 11.8 Å². The summed E-state index contributed by atoms with van der Waals surface area (Å²) < 4.78 is 0. The molecule has 0 aromatic rings. The van der Waals surface area contributed by atoms with E-state index in [9.17, 15) is 0 Å². The van der Waals surface area contributed by atoms with Gasteiger partial charge in [0.1, 0.15) is 5.55 Å². The van der Waals surface area contributed by atoms with Crippen molar-refractivity contribution in [2.45, 2.75) is 0 Å². The van der Waals surface area contributed by atoms with Crippen molar-refractivity contribution < 1.29 is 10.5 Å². The maximum Gasteiger partial charge on any atom is 0.122 e. The highest BCUT2D eigenvalue weighted by atomic mass is 32.2. The average molecular weight is 120 g/mol. The van der Waals surface area contributed by atoms with Crippen LogP contribution in [0, 0.1) is 0 Å². The molecule has 0 fully saturated rings. The molecule has 0 amide bonds. The number of hydrogen-bond acceptors (Lipinski definition) is 4. The summed E-state index contributed by atoms with van der Waals surface area (Å²) in [4.78, 5) is 3.80. The van der Waals surface area contributed by atoms with Gasteiger partial charge in [-0.05, 0) is 0 Å². The summed E-state index contributed by atoms with van der Waals surface area (Å²) in [5.41, 5.74) is 2.76. The molecule has 0 aliphatic carbocycles. The molecule has 0 aromatic heterocycles. The molecule has 0 saturated heterocycles. The first-order valence-corrected chi connectivity index (χ1v) is 2.72. The van der Waals surface area contributed by atoms with Crippen molar-refractivity contribution in [2.75, 3.05) is 12.3 Å². The highest BCUT2D eigenvalue weighted by Crippen LogP contribution is 1.99. The molecule has 0 unspecified atom stereocenters. The summed E-state index contributed by atoms with van der Waals surface area (Å²) in [6.45, 7) is 0.977. The number of thioether (sulfide) groups is 1. The molecule has 1 radical (unpaired) electrons. The van der Waals surface area contributed by atoms with Crippen LogP contribution in [0.3, 0.4) is 0 Å². The van der Waals surface area contributed by atoms with Crippen molar-refractivity contribution >= 4 is 17.3 Å². The maximum atomic E-state index is 6.00. The van der Waals surface area contributed by atoms with Crippen LogP contribution in [0.1, 0.15) is 0 Å². The normalized spacial score (nSPS) is 15.7. The third-order valence-corrected chi connectivity index (χ3v) is 1.08. The molecule has 2 N–H and O–H groups in total. The summed E-state index contributed by atoms with van der Waals surface area (Å²) in [6, 6.07) is 0. The molecule has 1 heterocycles. The van der Waals surface area contributed by atoms with Crippen molar-refractivity contribution in [1.29, 1.82) is 0 Å². The summed E-state index contributed by atoms with van der Waals surface area (Å²) in [5.74, 6) is 1.14. The number of aliphatic imine (C=N–C) groups is 1. The Morgan fingerprint density at radius 1 is 1.57 bits per heavy atom. The van der Waals surface area contributed by atoms with Gasteiger partial charge in [-0.3, -0.25) is 15.5 Å². The van der Waals surface area contributed by atoms with Gasteiger partial charge < -0.3 is 0 Å². The quantitative estimate of drug-likeness (QED) is 0.364. The molecule has 41 valence electrons. The van der Waals surface area contributed by atoms with Crippen LogP contribution in [0.25, 0.3) is 0 Å². The second kappa shape index (κ2) is 5.94. The van der Waals surface area contributed by atoms with Crippen LogP contribution < -0.4 is 0 Å². The van der Waals surface area contributed by atoms with Gasteiger partial charge in [0.15, 0.2) is 0 Å². The van der Waals surface area contributed by atoms with Gasteiger partial charge in [-0.25, -0.2) is 0 Å². The van der Waals surface area contributed by atoms with Crippen LogP contribution in [-0.4, -0.2) is 28.4 Å². The molecule has 0 bridgehead atoms. The highest BCUT2D eigenvalue weighted by Gasteiger charge is 1.87. The first kappa shape index (κ1) is 6.94. The molecule has 0 atom stereocenters. The minimum absolute atomic E-state index is 0.977. The molecule has 1 rings (SSSR count). The minimum atomic E-state index is 0.977. The molecule has 4 heteroatoms. The van der Waals surface area contributed by atoms with Crippen molar-refractivity contribution in [1.82, 2.24) is 0 Å². The fourth-order valence-corrected chi connectivity index (χ4v) is 0.685. The van der Waals surface area contributed by atoms with E-state index in [0.29, 0.717) is 0 Å². The fraction of sp³-hybridized carbons (Fsp3) is 0.667. The Hall–Kier alpha value is -0.0600. The van der Waals surface area contributed by atoms with E-state index in [1.54, 1.807) is 11.8 Å². The highest BCUT2D eigenvalue weighted by molar-refractivity contribution is 8.12. The van der Waals surface area contributed by atoms with Gasteiger partial charge in [0.2, 0.25) is 0 Å². The number of rotatable bonds is 0. The van der Waals surface area contributed by atoms with E-state index in [1.165, 1.54) is 0 Å². The van der Waals surface area contributed by atoms with Crippen molar-refractivity contribution in [3.8, 4) is 0 Å². The summed E-state index contributed by atoms with van der Waals surface area (Å²) in [5, 5.41) is 12.0. The molecular weight excluding hydrogens is 114 g/mol. The van der Waals surface area contributed by atoms with Gasteiger partial charge in [-0.2, -0.15) is 0 Å². The number of hydrogen-bond donors (Lipinski definition) is 2. The predicted octanol–water partition coefficient (Wildman–Crippen LogP) is 0.656. The Morgan fingerprint density at radius 2 is 2.29 bits per heavy atom. The first-order chi connectivity index (χ1) is 3.50. The topological polar surface area (TPSA) is 52.8 Å². The van der Waals surface area contributed by atoms with Crippen LogP contribution in [0.5, 0.6) is 0 Å². The van der Waals surface area contributed by atoms with Crippen LogP contribution in [0.2, 0.25) is 0 Å². The molecule has 7 heavy (non-hydrogen) atoms. The fourth-order valence-electron chi connectivity index (χ4n) is 0.228. The largest absolute Gasteiger partial charge is 0.275 e. The monoisotopic (exact) mass is 120 g/mol. The van der Waals surface area contributed by atoms with Crippen LogP contribution >= 0.6 is 11.8 Å². The summed E-state index contributed by atoms with van der Waals surface area (Å²) >= 11 is 1.66. The van der Waals surface area contributed by atoms with Gasteiger partial charge >= 0.3 is 0 Å².